The largest absolute Gasteiger partial charge is 0.363 e. The molecule has 0 spiro atoms. The third kappa shape index (κ3) is 1.94. The molecule has 0 radical (unpaired) electrons. The predicted molar refractivity (Wildman–Crippen MR) is 43.1 cm³/mol. The van der Waals surface area contributed by atoms with Gasteiger partial charge in [0.2, 0.25) is 0 Å². The molecule has 0 N–H and O–H groups in total. The summed E-state index contributed by atoms with van der Waals surface area (Å²) in [4.78, 5) is 0. The van der Waals surface area contributed by atoms with Gasteiger partial charge in [-0.1, -0.05) is 12.8 Å². The van der Waals surface area contributed by atoms with Crippen LogP contribution >= 0.6 is 0 Å². The van der Waals surface area contributed by atoms with E-state index in [2.05, 4.69) is 6.07 Å². The summed E-state index contributed by atoms with van der Waals surface area (Å²) < 4.78 is 5.25. The van der Waals surface area contributed by atoms with Crippen molar-refractivity contribution >= 4 is 0 Å². The van der Waals surface area contributed by atoms with Crippen molar-refractivity contribution in [2.45, 2.75) is 44.1 Å². The Kier molecular flexibility index (Phi) is 2.90. The molecule has 0 atom stereocenters. The molecule has 0 aromatic heterocycles. The topological polar surface area (TPSA) is 33.0 Å². The molecule has 1 fully saturated rings. The Labute approximate surface area is 68.2 Å². The smallest absolute Gasteiger partial charge is 0.153 e. The highest BCUT2D eigenvalue weighted by atomic mass is 16.5. The van der Waals surface area contributed by atoms with Gasteiger partial charge >= 0.3 is 0 Å². The second-order valence-corrected chi connectivity index (χ2v) is 3.22. The van der Waals surface area contributed by atoms with Crippen LogP contribution in [0.2, 0.25) is 0 Å². The summed E-state index contributed by atoms with van der Waals surface area (Å²) in [7, 11) is 1.65. The third-order valence-corrected chi connectivity index (χ3v) is 2.51. The van der Waals surface area contributed by atoms with Crippen molar-refractivity contribution in [2.75, 3.05) is 7.11 Å². The maximum atomic E-state index is 8.89. The Morgan fingerprint density at radius 2 is 1.73 bits per heavy atom. The van der Waals surface area contributed by atoms with Gasteiger partial charge in [-0.25, -0.2) is 0 Å². The second-order valence-electron chi connectivity index (χ2n) is 3.22. The van der Waals surface area contributed by atoms with Crippen LogP contribution in [0.15, 0.2) is 0 Å². The van der Waals surface area contributed by atoms with E-state index >= 15 is 0 Å². The van der Waals surface area contributed by atoms with Gasteiger partial charge in [0.05, 0.1) is 6.07 Å². The van der Waals surface area contributed by atoms with Crippen molar-refractivity contribution in [1.29, 1.82) is 5.26 Å². The molecule has 1 rings (SSSR count). The number of ether oxygens (including phenoxy) is 1. The Morgan fingerprint density at radius 3 is 2.09 bits per heavy atom. The number of methoxy groups -OCH3 is 1. The fraction of sp³-hybridized carbons (Fsp3) is 0.889. The summed E-state index contributed by atoms with van der Waals surface area (Å²) in [6, 6.07) is 2.28. The molecule has 0 aliphatic heterocycles. The lowest BCUT2D eigenvalue weighted by Crippen LogP contribution is -2.28. The first-order valence-corrected chi connectivity index (χ1v) is 4.29. The van der Waals surface area contributed by atoms with Crippen LogP contribution in [-0.2, 0) is 4.74 Å². The molecule has 1 aliphatic rings. The predicted octanol–water partition coefficient (Wildman–Crippen LogP) is 2.25. The number of hydrogen-bond donors (Lipinski definition) is 0. The first kappa shape index (κ1) is 8.55. The van der Waals surface area contributed by atoms with Gasteiger partial charge in [0.1, 0.15) is 0 Å². The molecule has 0 aromatic rings. The van der Waals surface area contributed by atoms with E-state index in [1.54, 1.807) is 7.11 Å². The van der Waals surface area contributed by atoms with Crippen LogP contribution in [0.25, 0.3) is 0 Å². The minimum absolute atomic E-state index is 0.448. The van der Waals surface area contributed by atoms with Gasteiger partial charge in [-0.2, -0.15) is 5.26 Å². The van der Waals surface area contributed by atoms with Crippen molar-refractivity contribution in [3.05, 3.63) is 0 Å². The molecular weight excluding hydrogens is 138 g/mol. The summed E-state index contributed by atoms with van der Waals surface area (Å²) in [6.07, 6.45) is 6.63. The van der Waals surface area contributed by atoms with Gasteiger partial charge < -0.3 is 4.74 Å². The zero-order chi connectivity index (χ0) is 8.16. The first-order valence-electron chi connectivity index (χ1n) is 4.29. The van der Waals surface area contributed by atoms with Crippen molar-refractivity contribution in [3.63, 3.8) is 0 Å². The summed E-state index contributed by atoms with van der Waals surface area (Å²) in [5.41, 5.74) is -0.448. The molecule has 0 bridgehead atoms. The van der Waals surface area contributed by atoms with E-state index in [4.69, 9.17) is 10.00 Å². The van der Waals surface area contributed by atoms with Gasteiger partial charge in [-0.05, 0) is 25.7 Å². The normalized spacial score (nSPS) is 23.6. The lowest BCUT2D eigenvalue weighted by molar-refractivity contribution is 0.0264. The molecule has 2 heteroatoms. The van der Waals surface area contributed by atoms with Crippen LogP contribution in [-0.4, -0.2) is 12.7 Å². The number of hydrogen-bond acceptors (Lipinski definition) is 2. The van der Waals surface area contributed by atoms with Gasteiger partial charge in [0.25, 0.3) is 0 Å². The maximum absolute atomic E-state index is 8.89. The summed E-state index contributed by atoms with van der Waals surface area (Å²) >= 11 is 0. The van der Waals surface area contributed by atoms with Crippen molar-refractivity contribution in [2.24, 2.45) is 0 Å². The van der Waals surface area contributed by atoms with Crippen molar-refractivity contribution < 1.29 is 4.74 Å². The Bertz CT molecular complexity index is 151. The van der Waals surface area contributed by atoms with Crippen LogP contribution in [0.5, 0.6) is 0 Å². The van der Waals surface area contributed by atoms with E-state index in [0.717, 1.165) is 25.7 Å². The minimum atomic E-state index is -0.448. The third-order valence-electron chi connectivity index (χ3n) is 2.51. The first-order chi connectivity index (χ1) is 5.33. The average Bonchev–Trinajstić information content (AvgIpc) is 2.30. The highest BCUT2D eigenvalue weighted by Gasteiger charge is 2.29. The molecule has 62 valence electrons. The summed E-state index contributed by atoms with van der Waals surface area (Å²) in [6.45, 7) is 0. The quantitative estimate of drug-likeness (QED) is 0.541. The number of nitrogens with zero attached hydrogens (tertiary/aromatic N) is 1. The van der Waals surface area contributed by atoms with Crippen LogP contribution < -0.4 is 0 Å². The van der Waals surface area contributed by atoms with Crippen LogP contribution in [0.4, 0.5) is 0 Å². The monoisotopic (exact) mass is 153 g/mol. The SMILES string of the molecule is COC1(C#N)CCCCCC1. The van der Waals surface area contributed by atoms with Crippen molar-refractivity contribution in [1.82, 2.24) is 0 Å². The summed E-state index contributed by atoms with van der Waals surface area (Å²) in [5, 5.41) is 8.89. The van der Waals surface area contributed by atoms with E-state index in [0.29, 0.717) is 0 Å². The molecule has 0 amide bonds. The van der Waals surface area contributed by atoms with Gasteiger partial charge in [-0.3, -0.25) is 0 Å². The van der Waals surface area contributed by atoms with E-state index in [9.17, 15) is 0 Å². The highest BCUT2D eigenvalue weighted by Crippen LogP contribution is 2.28. The fourth-order valence-electron chi connectivity index (χ4n) is 1.66. The van der Waals surface area contributed by atoms with Gasteiger partial charge in [0, 0.05) is 7.11 Å². The molecule has 11 heavy (non-hydrogen) atoms. The molecule has 2 nitrogen and oxygen atoms in total. The van der Waals surface area contributed by atoms with E-state index in [1.807, 2.05) is 0 Å². The molecule has 0 heterocycles. The van der Waals surface area contributed by atoms with E-state index in [1.165, 1.54) is 12.8 Å². The van der Waals surface area contributed by atoms with Gasteiger partial charge in [0.15, 0.2) is 5.60 Å². The number of nitriles is 1. The Hall–Kier alpha value is -0.550. The van der Waals surface area contributed by atoms with Crippen molar-refractivity contribution in [3.8, 4) is 6.07 Å². The Morgan fingerprint density at radius 1 is 1.18 bits per heavy atom. The highest BCUT2D eigenvalue weighted by molar-refractivity contribution is 5.02. The maximum Gasteiger partial charge on any atom is 0.153 e. The van der Waals surface area contributed by atoms with E-state index in [-0.39, 0.29) is 0 Å². The van der Waals surface area contributed by atoms with Crippen LogP contribution in [0, 0.1) is 11.3 Å². The lowest BCUT2D eigenvalue weighted by atomic mass is 9.96. The molecule has 0 saturated heterocycles. The molecule has 1 saturated carbocycles. The molecular formula is C9H15NO. The standard InChI is InChI=1S/C9H15NO/c1-11-9(8-10)6-4-2-3-5-7-9/h2-7H2,1H3. The fourth-order valence-corrected chi connectivity index (χ4v) is 1.66. The molecule has 0 aromatic carbocycles. The zero-order valence-corrected chi connectivity index (χ0v) is 7.10. The van der Waals surface area contributed by atoms with E-state index < -0.39 is 5.60 Å². The Balaban J connectivity index is 2.58. The molecule has 0 unspecified atom stereocenters. The van der Waals surface area contributed by atoms with Crippen LogP contribution in [0.3, 0.4) is 0 Å². The molecule has 1 aliphatic carbocycles. The average molecular weight is 153 g/mol. The summed E-state index contributed by atoms with van der Waals surface area (Å²) in [5.74, 6) is 0. The second kappa shape index (κ2) is 3.73. The number of rotatable bonds is 1. The minimum Gasteiger partial charge on any atom is -0.363 e. The lowest BCUT2D eigenvalue weighted by Gasteiger charge is -2.22. The zero-order valence-electron chi connectivity index (χ0n) is 7.10. The van der Waals surface area contributed by atoms with Gasteiger partial charge in [-0.15, -0.1) is 0 Å². The van der Waals surface area contributed by atoms with Crippen LogP contribution in [0.1, 0.15) is 38.5 Å².